The molecule has 1 aromatic carbocycles. The molecule has 0 bridgehead atoms. The Morgan fingerprint density at radius 1 is 1.39 bits per heavy atom. The monoisotopic (exact) mass is 272 g/mol. The van der Waals surface area contributed by atoms with Crippen molar-refractivity contribution in [1.29, 1.82) is 0 Å². The van der Waals surface area contributed by atoms with Gasteiger partial charge >= 0.3 is 0 Å². The van der Waals surface area contributed by atoms with Gasteiger partial charge in [0.2, 0.25) is 0 Å². The largest absolute Gasteiger partial charge is 0.496 e. The lowest BCUT2D eigenvalue weighted by Crippen LogP contribution is -2.39. The minimum absolute atomic E-state index is 0.0175. The van der Waals surface area contributed by atoms with E-state index in [1.165, 1.54) is 0 Å². The highest BCUT2D eigenvalue weighted by Crippen LogP contribution is 2.34. The van der Waals surface area contributed by atoms with Crippen LogP contribution in [-0.4, -0.2) is 30.1 Å². The molecule has 0 radical (unpaired) electrons. The summed E-state index contributed by atoms with van der Waals surface area (Å²) in [5, 5.41) is 10.1. The normalized spacial score (nSPS) is 24.2. The molecule has 0 heterocycles. The van der Waals surface area contributed by atoms with Gasteiger partial charge in [0.1, 0.15) is 5.75 Å². The molecule has 0 aromatic heterocycles. The summed E-state index contributed by atoms with van der Waals surface area (Å²) in [7, 11) is -2.95. The van der Waals surface area contributed by atoms with E-state index in [0.29, 0.717) is 24.2 Å². The molecule has 1 atom stereocenters. The van der Waals surface area contributed by atoms with Crippen molar-refractivity contribution in [2.45, 2.75) is 30.6 Å². The summed E-state index contributed by atoms with van der Waals surface area (Å²) >= 11 is 0. The quantitative estimate of drug-likeness (QED) is 0.623. The Hall–Kier alpha value is -1.11. The van der Waals surface area contributed by atoms with Crippen molar-refractivity contribution in [3.8, 4) is 5.75 Å². The Labute approximate surface area is 106 Å². The summed E-state index contributed by atoms with van der Waals surface area (Å²) in [5.41, 5.74) is 1.60. The van der Waals surface area contributed by atoms with Crippen molar-refractivity contribution in [1.82, 2.24) is 0 Å². The van der Waals surface area contributed by atoms with Crippen LogP contribution in [0.25, 0.3) is 0 Å². The minimum atomic E-state index is -4.50. The molecular formula is C12H16O5S. The Morgan fingerprint density at radius 3 is 2.72 bits per heavy atom. The van der Waals surface area contributed by atoms with Gasteiger partial charge in [0.05, 0.1) is 7.11 Å². The molecule has 0 spiro atoms. The Balaban J connectivity index is 2.49. The Kier molecular flexibility index (Phi) is 3.35. The first-order chi connectivity index (χ1) is 8.37. The van der Waals surface area contributed by atoms with Gasteiger partial charge < -0.3 is 9.84 Å². The standard InChI is InChI=1S/C12H16O5S/c1-17-11-6-2-4-9-8-12(13,18(14,15)16)7-3-5-10(9)11/h2,4,6,13H,3,5,7-8H2,1H3,(H,14,15,16). The Bertz CT molecular complexity index is 552. The number of aliphatic hydroxyl groups is 1. The van der Waals surface area contributed by atoms with Gasteiger partial charge in [0.25, 0.3) is 10.1 Å². The van der Waals surface area contributed by atoms with E-state index in [1.807, 2.05) is 0 Å². The van der Waals surface area contributed by atoms with E-state index in [9.17, 15) is 13.5 Å². The molecule has 2 rings (SSSR count). The van der Waals surface area contributed by atoms with Gasteiger partial charge in [0, 0.05) is 6.42 Å². The molecule has 18 heavy (non-hydrogen) atoms. The van der Waals surface area contributed by atoms with Crippen LogP contribution >= 0.6 is 0 Å². The van der Waals surface area contributed by atoms with Crippen LogP contribution in [0.1, 0.15) is 24.0 Å². The average Bonchev–Trinajstić information content (AvgIpc) is 2.46. The Morgan fingerprint density at radius 2 is 2.11 bits per heavy atom. The zero-order valence-electron chi connectivity index (χ0n) is 10.1. The molecule has 1 aromatic rings. The fourth-order valence-electron chi connectivity index (χ4n) is 2.40. The number of hydrogen-bond donors (Lipinski definition) is 2. The first-order valence-corrected chi connectivity index (χ1v) is 7.15. The summed E-state index contributed by atoms with van der Waals surface area (Å²) in [6.07, 6.45) is 1.00. The molecule has 0 amide bonds. The first kappa shape index (κ1) is 13.3. The summed E-state index contributed by atoms with van der Waals surface area (Å²) in [4.78, 5) is -2.09. The number of benzene rings is 1. The molecule has 2 N–H and O–H groups in total. The topological polar surface area (TPSA) is 83.8 Å². The highest BCUT2D eigenvalue weighted by molar-refractivity contribution is 7.87. The number of rotatable bonds is 2. The molecule has 0 saturated heterocycles. The lowest BCUT2D eigenvalue weighted by atomic mass is 10.0. The van der Waals surface area contributed by atoms with Crippen molar-refractivity contribution in [3.63, 3.8) is 0 Å². The van der Waals surface area contributed by atoms with Crippen molar-refractivity contribution >= 4 is 10.1 Å². The number of fused-ring (bicyclic) bond motifs is 1. The van der Waals surface area contributed by atoms with Crippen molar-refractivity contribution in [2.75, 3.05) is 7.11 Å². The van der Waals surface area contributed by atoms with E-state index in [4.69, 9.17) is 9.29 Å². The third-order valence-electron chi connectivity index (χ3n) is 3.39. The zero-order chi connectivity index (χ0) is 13.4. The maximum Gasteiger partial charge on any atom is 0.295 e. The highest BCUT2D eigenvalue weighted by atomic mass is 32.2. The van der Waals surface area contributed by atoms with E-state index < -0.39 is 15.1 Å². The predicted molar refractivity (Wildman–Crippen MR) is 66.1 cm³/mol. The van der Waals surface area contributed by atoms with Crippen molar-refractivity contribution < 1.29 is 22.8 Å². The van der Waals surface area contributed by atoms with Gasteiger partial charge in [-0.2, -0.15) is 8.42 Å². The van der Waals surface area contributed by atoms with E-state index in [2.05, 4.69) is 0 Å². The maximum absolute atomic E-state index is 11.3. The SMILES string of the molecule is COc1cccc2c1CCCC(O)(S(=O)(=O)O)C2. The van der Waals surface area contributed by atoms with Crippen molar-refractivity contribution in [2.24, 2.45) is 0 Å². The van der Waals surface area contributed by atoms with E-state index >= 15 is 0 Å². The van der Waals surface area contributed by atoms with Gasteiger partial charge in [-0.1, -0.05) is 12.1 Å². The van der Waals surface area contributed by atoms with Gasteiger partial charge in [-0.25, -0.2) is 0 Å². The van der Waals surface area contributed by atoms with E-state index in [0.717, 1.165) is 5.56 Å². The van der Waals surface area contributed by atoms with Crippen LogP contribution in [0.4, 0.5) is 0 Å². The van der Waals surface area contributed by atoms with Gasteiger partial charge in [-0.15, -0.1) is 0 Å². The molecule has 0 fully saturated rings. The molecule has 1 aliphatic rings. The molecule has 0 saturated carbocycles. The lowest BCUT2D eigenvalue weighted by molar-refractivity contribution is 0.104. The number of ether oxygens (including phenoxy) is 1. The maximum atomic E-state index is 11.3. The second-order valence-electron chi connectivity index (χ2n) is 4.55. The molecule has 5 nitrogen and oxygen atoms in total. The fraction of sp³-hybridized carbons (Fsp3) is 0.500. The molecular weight excluding hydrogens is 256 g/mol. The first-order valence-electron chi connectivity index (χ1n) is 5.71. The summed E-state index contributed by atoms with van der Waals surface area (Å²) in [6, 6.07) is 5.30. The second kappa shape index (κ2) is 4.53. The molecule has 0 aliphatic heterocycles. The molecule has 100 valence electrons. The van der Waals surface area contributed by atoms with Gasteiger partial charge in [-0.3, -0.25) is 4.55 Å². The summed E-state index contributed by atoms with van der Waals surface area (Å²) in [5.74, 6) is 0.687. The second-order valence-corrected chi connectivity index (χ2v) is 6.26. The van der Waals surface area contributed by atoms with Crippen LogP contribution in [0, 0.1) is 0 Å². The average molecular weight is 272 g/mol. The molecule has 1 aliphatic carbocycles. The van der Waals surface area contributed by atoms with Crippen LogP contribution in [0.5, 0.6) is 5.75 Å². The zero-order valence-corrected chi connectivity index (χ0v) is 10.9. The van der Waals surface area contributed by atoms with Crippen LogP contribution in [-0.2, 0) is 23.0 Å². The number of methoxy groups -OCH3 is 1. The third-order valence-corrected chi connectivity index (χ3v) is 4.70. The van der Waals surface area contributed by atoms with Crippen LogP contribution < -0.4 is 4.74 Å². The van der Waals surface area contributed by atoms with Crippen molar-refractivity contribution in [3.05, 3.63) is 29.3 Å². The fourth-order valence-corrected chi connectivity index (χ4v) is 3.14. The lowest BCUT2D eigenvalue weighted by Gasteiger charge is -2.23. The number of hydrogen-bond acceptors (Lipinski definition) is 4. The highest BCUT2D eigenvalue weighted by Gasteiger charge is 2.42. The van der Waals surface area contributed by atoms with E-state index in [1.54, 1.807) is 25.3 Å². The van der Waals surface area contributed by atoms with Gasteiger partial charge in [-0.05, 0) is 36.5 Å². The van der Waals surface area contributed by atoms with Crippen LogP contribution in [0.15, 0.2) is 18.2 Å². The van der Waals surface area contributed by atoms with Crippen LogP contribution in [0.3, 0.4) is 0 Å². The summed E-state index contributed by atoms with van der Waals surface area (Å²) in [6.45, 7) is 0. The smallest absolute Gasteiger partial charge is 0.295 e. The minimum Gasteiger partial charge on any atom is -0.496 e. The molecule has 6 heteroatoms. The third kappa shape index (κ3) is 2.23. The van der Waals surface area contributed by atoms with Gasteiger partial charge in [0.15, 0.2) is 4.93 Å². The molecule has 1 unspecified atom stereocenters. The summed E-state index contributed by atoms with van der Waals surface area (Å²) < 4.78 is 37.0. The van der Waals surface area contributed by atoms with Crippen LogP contribution in [0.2, 0.25) is 0 Å². The predicted octanol–water partition coefficient (Wildman–Crippen LogP) is 1.15. The van der Waals surface area contributed by atoms with E-state index in [-0.39, 0.29) is 12.8 Å².